The van der Waals surface area contributed by atoms with Gasteiger partial charge in [-0.05, 0) is 24.6 Å². The van der Waals surface area contributed by atoms with Gasteiger partial charge in [-0.3, -0.25) is 9.48 Å². The third-order valence-electron chi connectivity index (χ3n) is 4.24. The summed E-state index contributed by atoms with van der Waals surface area (Å²) >= 11 is 0. The molecule has 3 rings (SSSR count). The van der Waals surface area contributed by atoms with Gasteiger partial charge in [-0.15, -0.1) is 0 Å². The molecule has 0 bridgehead atoms. The van der Waals surface area contributed by atoms with Crippen LogP contribution in [0.1, 0.15) is 26.0 Å². The molecule has 2 N–H and O–H groups in total. The number of aryl methyl sites for hydroxylation is 1. The molecule has 1 aliphatic rings. The third kappa shape index (κ3) is 4.67. The van der Waals surface area contributed by atoms with Crippen molar-refractivity contribution in [2.24, 2.45) is 0 Å². The Kier molecular flexibility index (Phi) is 5.83. The van der Waals surface area contributed by atoms with Gasteiger partial charge in [-0.1, -0.05) is 25.5 Å². The molecule has 6 heteroatoms. The second-order valence-corrected chi connectivity index (χ2v) is 6.44. The van der Waals surface area contributed by atoms with Crippen molar-refractivity contribution in [3.63, 3.8) is 0 Å². The number of ether oxygens (including phenoxy) is 1. The molecule has 1 saturated heterocycles. The minimum Gasteiger partial charge on any atom is -0.378 e. The Morgan fingerprint density at radius 1 is 1.44 bits per heavy atom. The van der Waals surface area contributed by atoms with Gasteiger partial charge in [0.15, 0.2) is 0 Å². The molecule has 1 unspecified atom stereocenters. The highest BCUT2D eigenvalue weighted by Crippen LogP contribution is 2.23. The summed E-state index contributed by atoms with van der Waals surface area (Å²) in [4.78, 5) is 11.3. The van der Waals surface area contributed by atoms with E-state index in [4.69, 9.17) is 9.84 Å². The molecule has 6 nitrogen and oxygen atoms in total. The normalized spacial score (nSPS) is 17.4. The first-order valence-electron chi connectivity index (χ1n) is 8.91. The lowest BCUT2D eigenvalue weighted by Crippen LogP contribution is -2.44. The molecule has 1 aromatic heterocycles. The van der Waals surface area contributed by atoms with Crippen LogP contribution in [0.3, 0.4) is 0 Å². The predicted molar refractivity (Wildman–Crippen MR) is 98.6 cm³/mol. The highest BCUT2D eigenvalue weighted by Gasteiger charge is 2.17. The van der Waals surface area contributed by atoms with Crippen molar-refractivity contribution < 1.29 is 9.53 Å². The fraction of sp³-hybridized carbons (Fsp3) is 0.474. The van der Waals surface area contributed by atoms with Crippen LogP contribution < -0.4 is 10.6 Å². The molecule has 2 aromatic rings. The first-order valence-corrected chi connectivity index (χ1v) is 8.91. The van der Waals surface area contributed by atoms with Crippen LogP contribution in [-0.4, -0.2) is 41.5 Å². The molecule has 1 amide bonds. The van der Waals surface area contributed by atoms with Crippen molar-refractivity contribution in [3.8, 4) is 11.3 Å². The zero-order valence-corrected chi connectivity index (χ0v) is 14.9. The largest absolute Gasteiger partial charge is 0.378 e. The second kappa shape index (κ2) is 8.27. The molecule has 134 valence electrons. The van der Waals surface area contributed by atoms with Crippen molar-refractivity contribution in [1.29, 1.82) is 0 Å². The van der Waals surface area contributed by atoms with Gasteiger partial charge >= 0.3 is 0 Å². The number of carbonyl (C=O) groups excluding carboxylic acids is 1. The Bertz CT molecular complexity index is 720. The van der Waals surface area contributed by atoms with Crippen LogP contribution in [0, 0.1) is 0 Å². The van der Waals surface area contributed by atoms with Crippen molar-refractivity contribution in [3.05, 3.63) is 36.0 Å². The van der Waals surface area contributed by atoms with Crippen LogP contribution >= 0.6 is 0 Å². The zero-order valence-electron chi connectivity index (χ0n) is 14.9. The molecule has 2 heterocycles. The fourth-order valence-electron chi connectivity index (χ4n) is 3.12. The summed E-state index contributed by atoms with van der Waals surface area (Å²) in [5, 5.41) is 11.1. The zero-order chi connectivity index (χ0) is 17.6. The average Bonchev–Trinajstić information content (AvgIpc) is 2.99. The van der Waals surface area contributed by atoms with E-state index in [2.05, 4.69) is 28.3 Å². The van der Waals surface area contributed by atoms with E-state index in [-0.39, 0.29) is 5.91 Å². The smallest absolute Gasteiger partial charge is 0.221 e. The fourth-order valence-corrected chi connectivity index (χ4v) is 3.12. The summed E-state index contributed by atoms with van der Waals surface area (Å²) in [6.45, 7) is 6.88. The first kappa shape index (κ1) is 17.6. The summed E-state index contributed by atoms with van der Waals surface area (Å²) in [5.41, 5.74) is 3.97. The van der Waals surface area contributed by atoms with Crippen LogP contribution in [0.25, 0.3) is 11.3 Å². The number of hydrogen-bond donors (Lipinski definition) is 2. The van der Waals surface area contributed by atoms with Gasteiger partial charge < -0.3 is 15.4 Å². The second-order valence-electron chi connectivity index (χ2n) is 6.44. The van der Waals surface area contributed by atoms with E-state index >= 15 is 0 Å². The minimum atomic E-state index is -0.0716. The van der Waals surface area contributed by atoms with Crippen molar-refractivity contribution in [1.82, 2.24) is 15.1 Å². The number of morpholine rings is 1. The molecular weight excluding hydrogens is 316 g/mol. The Balaban J connectivity index is 1.83. The van der Waals surface area contributed by atoms with E-state index < -0.39 is 0 Å². The van der Waals surface area contributed by atoms with Crippen LogP contribution in [0.15, 0.2) is 30.3 Å². The number of nitrogens with one attached hydrogen (secondary N) is 2. The standard InChI is InChI=1S/C19H26N4O2/c1-3-5-18-11-19(15-6-4-7-16(10-15)21-14(2)24)22-23(18)12-17-13-25-9-8-20-17/h4,6-7,10-11,17,20H,3,5,8-9,12-13H2,1-2H3,(H,21,24). The predicted octanol–water partition coefficient (Wildman–Crippen LogP) is 2.45. The van der Waals surface area contributed by atoms with Gasteiger partial charge in [-0.25, -0.2) is 0 Å². The maximum atomic E-state index is 11.3. The van der Waals surface area contributed by atoms with E-state index in [1.807, 2.05) is 24.3 Å². The van der Waals surface area contributed by atoms with E-state index in [0.717, 1.165) is 56.1 Å². The lowest BCUT2D eigenvalue weighted by Gasteiger charge is -2.24. The molecule has 0 aliphatic carbocycles. The van der Waals surface area contributed by atoms with Gasteiger partial charge in [0.25, 0.3) is 0 Å². The molecule has 1 aliphatic heterocycles. The van der Waals surface area contributed by atoms with E-state index in [9.17, 15) is 4.79 Å². The number of rotatable bonds is 6. The number of carbonyl (C=O) groups is 1. The van der Waals surface area contributed by atoms with Gasteiger partial charge in [0.05, 0.1) is 31.5 Å². The Hall–Kier alpha value is -2.18. The minimum absolute atomic E-state index is 0.0716. The van der Waals surface area contributed by atoms with Crippen molar-refractivity contribution in [2.45, 2.75) is 39.3 Å². The molecule has 1 atom stereocenters. The Labute approximate surface area is 148 Å². The SMILES string of the molecule is CCCc1cc(-c2cccc(NC(C)=O)c2)nn1CC1COCCN1. The summed E-state index contributed by atoms with van der Waals surface area (Å²) in [6, 6.07) is 10.3. The van der Waals surface area contributed by atoms with Crippen LogP contribution in [0.5, 0.6) is 0 Å². The lowest BCUT2D eigenvalue weighted by molar-refractivity contribution is -0.114. The van der Waals surface area contributed by atoms with E-state index in [1.54, 1.807) is 0 Å². The van der Waals surface area contributed by atoms with Gasteiger partial charge in [0, 0.05) is 30.4 Å². The molecule has 0 radical (unpaired) electrons. The molecule has 0 saturated carbocycles. The number of anilines is 1. The molecular formula is C19H26N4O2. The topological polar surface area (TPSA) is 68.2 Å². The van der Waals surface area contributed by atoms with Gasteiger partial charge in [0.1, 0.15) is 0 Å². The number of benzene rings is 1. The first-order chi connectivity index (χ1) is 12.2. The molecule has 0 spiro atoms. The quantitative estimate of drug-likeness (QED) is 0.846. The van der Waals surface area contributed by atoms with Gasteiger partial charge in [0.2, 0.25) is 5.91 Å². The van der Waals surface area contributed by atoms with Crippen LogP contribution in [0.2, 0.25) is 0 Å². The van der Waals surface area contributed by atoms with Crippen molar-refractivity contribution >= 4 is 11.6 Å². The summed E-state index contributed by atoms with van der Waals surface area (Å²) in [6.07, 6.45) is 2.07. The number of hydrogen-bond acceptors (Lipinski definition) is 4. The summed E-state index contributed by atoms with van der Waals surface area (Å²) in [5.74, 6) is -0.0716. The Morgan fingerprint density at radius 3 is 3.04 bits per heavy atom. The number of aromatic nitrogens is 2. The lowest BCUT2D eigenvalue weighted by atomic mass is 10.1. The molecule has 1 fully saturated rings. The monoisotopic (exact) mass is 342 g/mol. The van der Waals surface area contributed by atoms with Crippen molar-refractivity contribution in [2.75, 3.05) is 25.1 Å². The maximum Gasteiger partial charge on any atom is 0.221 e. The third-order valence-corrected chi connectivity index (χ3v) is 4.24. The van der Waals surface area contributed by atoms with E-state index in [1.165, 1.54) is 12.6 Å². The average molecular weight is 342 g/mol. The summed E-state index contributed by atoms with van der Waals surface area (Å²) < 4.78 is 7.65. The Morgan fingerprint density at radius 2 is 2.32 bits per heavy atom. The van der Waals surface area contributed by atoms with Crippen LogP contribution in [0.4, 0.5) is 5.69 Å². The molecule has 25 heavy (non-hydrogen) atoms. The van der Waals surface area contributed by atoms with Gasteiger partial charge in [-0.2, -0.15) is 5.10 Å². The summed E-state index contributed by atoms with van der Waals surface area (Å²) in [7, 11) is 0. The maximum absolute atomic E-state index is 11.3. The van der Waals surface area contributed by atoms with Crippen LogP contribution in [-0.2, 0) is 22.5 Å². The number of amides is 1. The highest BCUT2D eigenvalue weighted by molar-refractivity contribution is 5.89. The highest BCUT2D eigenvalue weighted by atomic mass is 16.5. The molecule has 1 aromatic carbocycles. The van der Waals surface area contributed by atoms with E-state index in [0.29, 0.717) is 6.04 Å². The number of nitrogens with zero attached hydrogens (tertiary/aromatic N) is 2.